The van der Waals surface area contributed by atoms with Crippen LogP contribution in [0, 0.1) is 0 Å². The number of aromatic nitrogens is 1. The van der Waals surface area contributed by atoms with E-state index in [0.717, 1.165) is 16.3 Å². The molecule has 94 valence electrons. The molecule has 1 heterocycles. The van der Waals surface area contributed by atoms with E-state index in [2.05, 4.69) is 9.72 Å². The van der Waals surface area contributed by atoms with Crippen molar-refractivity contribution in [2.24, 2.45) is 0 Å². The maximum absolute atomic E-state index is 11.2. The van der Waals surface area contributed by atoms with E-state index in [9.17, 15) is 4.79 Å². The highest BCUT2D eigenvalue weighted by atomic mass is 32.1. The number of carbonyl (C=O) groups excluding carboxylic acids is 1. The summed E-state index contributed by atoms with van der Waals surface area (Å²) in [6.45, 7) is 0. The topological polar surface area (TPSA) is 48.4 Å². The zero-order chi connectivity index (χ0) is 13.0. The Labute approximate surface area is 109 Å². The normalized spacial score (nSPS) is 10.1. The zero-order valence-corrected chi connectivity index (χ0v) is 11.0. The molecule has 4 nitrogen and oxygen atoms in total. The van der Waals surface area contributed by atoms with Gasteiger partial charge < -0.3 is 9.47 Å². The van der Waals surface area contributed by atoms with Gasteiger partial charge in [0.05, 0.1) is 31.9 Å². The van der Waals surface area contributed by atoms with E-state index in [-0.39, 0.29) is 12.4 Å². The fourth-order valence-corrected chi connectivity index (χ4v) is 2.40. The quantitative estimate of drug-likeness (QED) is 0.795. The Bertz CT molecular complexity index is 551. The Morgan fingerprint density at radius 1 is 1.33 bits per heavy atom. The number of carbonyl (C=O) groups is 1. The first-order chi connectivity index (χ1) is 8.74. The summed E-state index contributed by atoms with van der Waals surface area (Å²) in [6.07, 6.45) is 0.197. The highest BCUT2D eigenvalue weighted by Gasteiger charge is 2.11. The van der Waals surface area contributed by atoms with Gasteiger partial charge in [0, 0.05) is 5.38 Å². The minimum absolute atomic E-state index is 0.197. The number of nitrogens with zero attached hydrogens (tertiary/aromatic N) is 1. The summed E-state index contributed by atoms with van der Waals surface area (Å²) in [4.78, 5) is 15.6. The van der Waals surface area contributed by atoms with Crippen molar-refractivity contribution in [1.82, 2.24) is 4.98 Å². The number of benzene rings is 1. The van der Waals surface area contributed by atoms with Gasteiger partial charge in [-0.3, -0.25) is 4.79 Å². The largest absolute Gasteiger partial charge is 0.496 e. The summed E-state index contributed by atoms with van der Waals surface area (Å²) in [5.41, 5.74) is 1.65. The monoisotopic (exact) mass is 263 g/mol. The Hall–Kier alpha value is -1.88. The molecule has 2 aromatic rings. The average molecular weight is 263 g/mol. The van der Waals surface area contributed by atoms with Crippen LogP contribution < -0.4 is 4.74 Å². The first-order valence-electron chi connectivity index (χ1n) is 5.39. The van der Waals surface area contributed by atoms with Crippen LogP contribution in [0.1, 0.15) is 5.69 Å². The van der Waals surface area contributed by atoms with Gasteiger partial charge >= 0.3 is 5.97 Å². The summed E-state index contributed by atoms with van der Waals surface area (Å²) >= 11 is 1.49. The molecule has 0 saturated carbocycles. The molecule has 1 aromatic heterocycles. The Balaban J connectivity index is 2.26. The van der Waals surface area contributed by atoms with Crippen LogP contribution >= 0.6 is 11.3 Å². The lowest BCUT2D eigenvalue weighted by Gasteiger charge is -2.04. The van der Waals surface area contributed by atoms with E-state index in [4.69, 9.17) is 4.74 Å². The predicted octanol–water partition coefficient (Wildman–Crippen LogP) is 2.53. The molecule has 2 rings (SSSR count). The van der Waals surface area contributed by atoms with E-state index in [0.29, 0.717) is 5.69 Å². The molecule has 1 aromatic carbocycles. The molecule has 0 aliphatic rings. The molecule has 0 radical (unpaired) electrons. The smallest absolute Gasteiger partial charge is 0.311 e. The lowest BCUT2D eigenvalue weighted by molar-refractivity contribution is -0.139. The van der Waals surface area contributed by atoms with Gasteiger partial charge in [0.25, 0.3) is 0 Å². The molecule has 0 atom stereocenters. The standard InChI is InChI=1S/C13H13NO3S/c1-16-11-6-4-3-5-10(11)13-14-9(8-18-13)7-12(15)17-2/h3-6,8H,7H2,1-2H3. The number of hydrogen-bond acceptors (Lipinski definition) is 5. The summed E-state index contributed by atoms with van der Waals surface area (Å²) in [5, 5.41) is 2.70. The molecule has 0 fully saturated rings. The maximum atomic E-state index is 11.2. The third-order valence-corrected chi connectivity index (χ3v) is 3.37. The fourth-order valence-electron chi connectivity index (χ4n) is 1.55. The number of thiazole rings is 1. The van der Waals surface area contributed by atoms with Crippen LogP contribution in [0.15, 0.2) is 29.6 Å². The van der Waals surface area contributed by atoms with Crippen LogP contribution in [0.25, 0.3) is 10.6 Å². The molecule has 0 aliphatic heterocycles. The molecule has 0 N–H and O–H groups in total. The van der Waals surface area contributed by atoms with Crippen LogP contribution in [-0.2, 0) is 16.0 Å². The molecule has 0 unspecified atom stereocenters. The number of methoxy groups -OCH3 is 2. The number of hydrogen-bond donors (Lipinski definition) is 0. The molecule has 0 aliphatic carbocycles. The lowest BCUT2D eigenvalue weighted by Crippen LogP contribution is -2.04. The van der Waals surface area contributed by atoms with E-state index in [1.165, 1.54) is 18.4 Å². The first-order valence-corrected chi connectivity index (χ1v) is 6.27. The molecule has 0 amide bonds. The van der Waals surface area contributed by atoms with Crippen molar-refractivity contribution in [3.63, 3.8) is 0 Å². The third kappa shape index (κ3) is 2.68. The summed E-state index contributed by atoms with van der Waals surface area (Å²) in [7, 11) is 3.00. The van der Waals surface area contributed by atoms with Crippen molar-refractivity contribution in [2.45, 2.75) is 6.42 Å². The molecule has 18 heavy (non-hydrogen) atoms. The summed E-state index contributed by atoms with van der Waals surface area (Å²) in [5.74, 6) is 0.489. The van der Waals surface area contributed by atoms with Crippen LogP contribution in [0.4, 0.5) is 0 Å². The van der Waals surface area contributed by atoms with Gasteiger partial charge in [-0.15, -0.1) is 11.3 Å². The minimum atomic E-state index is -0.285. The molecular weight excluding hydrogens is 250 g/mol. The lowest BCUT2D eigenvalue weighted by atomic mass is 10.2. The Kier molecular flexibility index (Phi) is 3.94. The van der Waals surface area contributed by atoms with Gasteiger partial charge in [-0.05, 0) is 12.1 Å². The molecule has 5 heteroatoms. The fraction of sp³-hybridized carbons (Fsp3) is 0.231. The third-order valence-electron chi connectivity index (χ3n) is 2.44. The van der Waals surface area contributed by atoms with E-state index < -0.39 is 0 Å². The maximum Gasteiger partial charge on any atom is 0.311 e. The highest BCUT2D eigenvalue weighted by molar-refractivity contribution is 7.13. The summed E-state index contributed by atoms with van der Waals surface area (Å²) < 4.78 is 9.90. The van der Waals surface area contributed by atoms with Gasteiger partial charge in [-0.2, -0.15) is 0 Å². The Morgan fingerprint density at radius 3 is 2.83 bits per heavy atom. The van der Waals surface area contributed by atoms with Crippen molar-refractivity contribution < 1.29 is 14.3 Å². The zero-order valence-electron chi connectivity index (χ0n) is 10.2. The predicted molar refractivity (Wildman–Crippen MR) is 69.8 cm³/mol. The van der Waals surface area contributed by atoms with Crippen molar-refractivity contribution in [1.29, 1.82) is 0 Å². The van der Waals surface area contributed by atoms with Crippen molar-refractivity contribution >= 4 is 17.3 Å². The van der Waals surface area contributed by atoms with Gasteiger partial charge in [0.1, 0.15) is 10.8 Å². The highest BCUT2D eigenvalue weighted by Crippen LogP contribution is 2.31. The van der Waals surface area contributed by atoms with Crippen molar-refractivity contribution in [3.05, 3.63) is 35.3 Å². The second-order valence-electron chi connectivity index (χ2n) is 3.60. The molecule has 0 spiro atoms. The second-order valence-corrected chi connectivity index (χ2v) is 4.46. The number of rotatable bonds is 4. The first kappa shape index (κ1) is 12.6. The van der Waals surface area contributed by atoms with Crippen LogP contribution in [0.2, 0.25) is 0 Å². The van der Waals surface area contributed by atoms with Crippen LogP contribution in [0.3, 0.4) is 0 Å². The number of esters is 1. The van der Waals surface area contributed by atoms with Gasteiger partial charge in [-0.1, -0.05) is 12.1 Å². The van der Waals surface area contributed by atoms with E-state index in [1.54, 1.807) is 7.11 Å². The Morgan fingerprint density at radius 2 is 2.11 bits per heavy atom. The molecule has 0 bridgehead atoms. The van der Waals surface area contributed by atoms with Crippen molar-refractivity contribution in [2.75, 3.05) is 14.2 Å². The molecular formula is C13H13NO3S. The number of para-hydroxylation sites is 1. The summed E-state index contributed by atoms with van der Waals surface area (Å²) in [6, 6.07) is 7.67. The van der Waals surface area contributed by atoms with Gasteiger partial charge in [0.15, 0.2) is 0 Å². The van der Waals surface area contributed by atoms with Crippen LogP contribution in [0.5, 0.6) is 5.75 Å². The second kappa shape index (κ2) is 5.64. The molecule has 0 saturated heterocycles. The number of ether oxygens (including phenoxy) is 2. The van der Waals surface area contributed by atoms with Gasteiger partial charge in [-0.25, -0.2) is 4.98 Å². The average Bonchev–Trinajstić information content (AvgIpc) is 2.86. The van der Waals surface area contributed by atoms with Crippen molar-refractivity contribution in [3.8, 4) is 16.3 Å². The van der Waals surface area contributed by atoms with Crippen LogP contribution in [-0.4, -0.2) is 25.2 Å². The van der Waals surface area contributed by atoms with E-state index in [1.807, 2.05) is 29.6 Å². The SMILES string of the molecule is COC(=O)Cc1csc(-c2ccccc2OC)n1. The minimum Gasteiger partial charge on any atom is -0.496 e. The van der Waals surface area contributed by atoms with Gasteiger partial charge in [0.2, 0.25) is 0 Å². The van der Waals surface area contributed by atoms with E-state index >= 15 is 0 Å².